The molecule has 1 atom stereocenters. The minimum atomic E-state index is -4.48. The van der Waals surface area contributed by atoms with E-state index in [4.69, 9.17) is 0 Å². The summed E-state index contributed by atoms with van der Waals surface area (Å²) in [6.07, 6.45) is -3.70. The van der Waals surface area contributed by atoms with Crippen LogP contribution in [0, 0.1) is 0 Å². The Balaban J connectivity index is 1.57. The number of aromatic nitrogens is 2. The molecule has 7 nitrogen and oxygen atoms in total. The number of benzene rings is 2. The Morgan fingerprint density at radius 3 is 2.57 bits per heavy atom. The van der Waals surface area contributed by atoms with Crippen LogP contribution in [0.5, 0.6) is 0 Å². The van der Waals surface area contributed by atoms with E-state index >= 15 is 0 Å². The standard InChI is InChI=1S/C18H15F3N4O3S2/c19-18(20,21)11-6-8-12(9-7-11)22-17(26)14-4-2-10-25(14)30(27,28)15-5-1-3-13-16(15)24-29-23-13/h1,3,5-9,14H,2,4,10H2,(H,22,26)/t14-/m1/s1. The Labute approximate surface area is 173 Å². The number of alkyl halides is 3. The van der Waals surface area contributed by atoms with Crippen molar-refractivity contribution in [3.05, 3.63) is 48.0 Å². The molecule has 1 amide bonds. The summed E-state index contributed by atoms with van der Waals surface area (Å²) >= 11 is 0.895. The maximum Gasteiger partial charge on any atom is 0.416 e. The molecule has 1 aromatic heterocycles. The SMILES string of the molecule is O=C(Nc1ccc(C(F)(F)F)cc1)[C@H]1CCCN1S(=O)(=O)c1cccc2nsnc12. The van der Waals surface area contributed by atoms with E-state index < -0.39 is 33.7 Å². The van der Waals surface area contributed by atoms with E-state index in [1.54, 1.807) is 12.1 Å². The fourth-order valence-corrected chi connectivity index (χ4v) is 5.78. The second-order valence-corrected chi connectivity index (χ2v) is 9.11. The van der Waals surface area contributed by atoms with Crippen LogP contribution in [0.2, 0.25) is 0 Å². The lowest BCUT2D eigenvalue weighted by Gasteiger charge is -2.23. The van der Waals surface area contributed by atoms with Crippen LogP contribution in [0.4, 0.5) is 18.9 Å². The van der Waals surface area contributed by atoms with Crippen molar-refractivity contribution in [2.24, 2.45) is 0 Å². The van der Waals surface area contributed by atoms with Crippen LogP contribution < -0.4 is 5.32 Å². The molecule has 0 radical (unpaired) electrons. The number of nitrogens with one attached hydrogen (secondary N) is 1. The monoisotopic (exact) mass is 456 g/mol. The van der Waals surface area contributed by atoms with Crippen molar-refractivity contribution in [1.82, 2.24) is 13.1 Å². The zero-order valence-electron chi connectivity index (χ0n) is 15.3. The molecule has 0 saturated carbocycles. The van der Waals surface area contributed by atoms with Gasteiger partial charge < -0.3 is 5.32 Å². The molecule has 1 fully saturated rings. The van der Waals surface area contributed by atoms with Gasteiger partial charge in [0.1, 0.15) is 22.0 Å². The molecular formula is C18H15F3N4O3S2. The zero-order valence-corrected chi connectivity index (χ0v) is 16.9. The third-order valence-electron chi connectivity index (χ3n) is 4.82. The minimum absolute atomic E-state index is 0.0250. The molecule has 158 valence electrons. The van der Waals surface area contributed by atoms with Crippen LogP contribution in [-0.2, 0) is 21.0 Å². The van der Waals surface area contributed by atoms with Crippen molar-refractivity contribution in [2.75, 3.05) is 11.9 Å². The Morgan fingerprint density at radius 1 is 1.13 bits per heavy atom. The van der Waals surface area contributed by atoms with Gasteiger partial charge in [0.2, 0.25) is 15.9 Å². The van der Waals surface area contributed by atoms with E-state index in [1.807, 2.05) is 0 Å². The van der Waals surface area contributed by atoms with E-state index in [2.05, 4.69) is 14.1 Å². The molecule has 0 spiro atoms. The van der Waals surface area contributed by atoms with Crippen molar-refractivity contribution >= 4 is 44.4 Å². The van der Waals surface area contributed by atoms with Crippen molar-refractivity contribution in [3.63, 3.8) is 0 Å². The van der Waals surface area contributed by atoms with Gasteiger partial charge in [-0.15, -0.1) is 0 Å². The second kappa shape index (κ2) is 7.60. The zero-order chi connectivity index (χ0) is 21.5. The van der Waals surface area contributed by atoms with Crippen molar-refractivity contribution < 1.29 is 26.4 Å². The highest BCUT2D eigenvalue weighted by atomic mass is 32.2. The number of sulfonamides is 1. The van der Waals surface area contributed by atoms with E-state index in [0.717, 1.165) is 40.3 Å². The van der Waals surface area contributed by atoms with E-state index in [1.165, 1.54) is 6.07 Å². The maximum absolute atomic E-state index is 13.2. The van der Waals surface area contributed by atoms with Gasteiger partial charge in [-0.1, -0.05) is 6.07 Å². The molecule has 0 bridgehead atoms. The number of carbonyl (C=O) groups excluding carboxylic acids is 1. The molecule has 30 heavy (non-hydrogen) atoms. The van der Waals surface area contributed by atoms with E-state index in [0.29, 0.717) is 18.4 Å². The third-order valence-corrected chi connectivity index (χ3v) is 7.30. The van der Waals surface area contributed by atoms with Gasteiger partial charge in [-0.2, -0.15) is 26.2 Å². The molecule has 1 aliphatic heterocycles. The predicted octanol–water partition coefficient (Wildman–Crippen LogP) is 3.50. The van der Waals surface area contributed by atoms with Crippen LogP contribution in [0.25, 0.3) is 11.0 Å². The van der Waals surface area contributed by atoms with Crippen LogP contribution in [0.3, 0.4) is 0 Å². The molecule has 2 aromatic carbocycles. The molecule has 2 heterocycles. The Kier molecular flexibility index (Phi) is 5.24. The molecule has 12 heteroatoms. The molecule has 0 unspecified atom stereocenters. The summed E-state index contributed by atoms with van der Waals surface area (Å²) < 4.78 is 73.7. The normalized spacial score (nSPS) is 18.0. The summed E-state index contributed by atoms with van der Waals surface area (Å²) in [5, 5.41) is 2.51. The van der Waals surface area contributed by atoms with Gasteiger partial charge in [0.25, 0.3) is 0 Å². The summed E-state index contributed by atoms with van der Waals surface area (Å²) in [6, 6.07) is 7.64. The van der Waals surface area contributed by atoms with Crippen LogP contribution >= 0.6 is 11.7 Å². The Hall–Kier alpha value is -2.57. The molecule has 1 aliphatic rings. The summed E-state index contributed by atoms with van der Waals surface area (Å²) in [4.78, 5) is 12.7. The average Bonchev–Trinajstić information content (AvgIpc) is 3.37. The highest BCUT2D eigenvalue weighted by Gasteiger charge is 2.40. The molecule has 1 saturated heterocycles. The van der Waals surface area contributed by atoms with Crippen molar-refractivity contribution in [3.8, 4) is 0 Å². The van der Waals surface area contributed by atoms with Gasteiger partial charge in [-0.3, -0.25) is 4.79 Å². The van der Waals surface area contributed by atoms with Gasteiger partial charge in [0.15, 0.2) is 0 Å². The lowest BCUT2D eigenvalue weighted by atomic mass is 10.2. The van der Waals surface area contributed by atoms with Gasteiger partial charge >= 0.3 is 6.18 Å². The summed E-state index contributed by atoms with van der Waals surface area (Å²) in [6.45, 7) is 0.154. The number of rotatable bonds is 4. The number of carbonyl (C=O) groups is 1. The average molecular weight is 456 g/mol. The van der Waals surface area contributed by atoms with E-state index in [9.17, 15) is 26.4 Å². The highest BCUT2D eigenvalue weighted by molar-refractivity contribution is 7.89. The highest BCUT2D eigenvalue weighted by Crippen LogP contribution is 2.32. The Morgan fingerprint density at radius 2 is 1.87 bits per heavy atom. The molecule has 1 N–H and O–H groups in total. The number of anilines is 1. The number of nitrogens with zero attached hydrogens (tertiary/aromatic N) is 3. The minimum Gasteiger partial charge on any atom is -0.325 e. The quantitative estimate of drug-likeness (QED) is 0.649. The topological polar surface area (TPSA) is 92.3 Å². The van der Waals surface area contributed by atoms with Gasteiger partial charge in [0.05, 0.1) is 17.3 Å². The maximum atomic E-state index is 13.2. The summed E-state index contributed by atoms with van der Waals surface area (Å²) in [7, 11) is -4.02. The Bertz CT molecular complexity index is 1190. The molecule has 4 rings (SSSR count). The molecule has 3 aromatic rings. The second-order valence-electron chi connectivity index (χ2n) is 6.73. The van der Waals surface area contributed by atoms with Gasteiger partial charge in [-0.05, 0) is 49.2 Å². The lowest BCUT2D eigenvalue weighted by Crippen LogP contribution is -2.43. The third kappa shape index (κ3) is 3.77. The summed E-state index contributed by atoms with van der Waals surface area (Å²) in [5.74, 6) is -0.598. The van der Waals surface area contributed by atoms with Gasteiger partial charge in [-0.25, -0.2) is 8.42 Å². The summed E-state index contributed by atoms with van der Waals surface area (Å²) in [5.41, 5.74) is 0.0147. The number of fused-ring (bicyclic) bond motifs is 1. The first-order valence-electron chi connectivity index (χ1n) is 8.89. The molecule has 0 aliphatic carbocycles. The van der Waals surface area contributed by atoms with Crippen LogP contribution in [-0.4, -0.2) is 40.0 Å². The first kappa shape index (κ1) is 20.7. The first-order valence-corrected chi connectivity index (χ1v) is 11.1. The molecular weight excluding hydrogens is 441 g/mol. The number of hydrogen-bond donors (Lipinski definition) is 1. The number of hydrogen-bond acceptors (Lipinski definition) is 6. The van der Waals surface area contributed by atoms with Crippen molar-refractivity contribution in [1.29, 1.82) is 0 Å². The van der Waals surface area contributed by atoms with Crippen molar-refractivity contribution in [2.45, 2.75) is 30.0 Å². The fraction of sp³-hybridized carbons (Fsp3) is 0.278. The largest absolute Gasteiger partial charge is 0.416 e. The predicted molar refractivity (Wildman–Crippen MR) is 104 cm³/mol. The smallest absolute Gasteiger partial charge is 0.325 e. The van der Waals surface area contributed by atoms with Crippen LogP contribution in [0.15, 0.2) is 47.4 Å². The lowest BCUT2D eigenvalue weighted by molar-refractivity contribution is -0.137. The number of halogens is 3. The van der Waals surface area contributed by atoms with E-state index in [-0.39, 0.29) is 22.6 Å². The first-order chi connectivity index (χ1) is 14.2. The van der Waals surface area contributed by atoms with Crippen LogP contribution in [0.1, 0.15) is 18.4 Å². The fourth-order valence-electron chi connectivity index (χ4n) is 3.37. The number of amides is 1. The van der Waals surface area contributed by atoms with Gasteiger partial charge in [0, 0.05) is 12.2 Å².